The molecule has 43 heavy (non-hydrogen) atoms. The number of rotatable bonds is 20. The quantitative estimate of drug-likeness (QED) is 0.0821. The van der Waals surface area contributed by atoms with Gasteiger partial charge in [-0.2, -0.15) is 0 Å². The summed E-state index contributed by atoms with van der Waals surface area (Å²) in [4.78, 5) is 10.3. The molecular formula is C30H58O13. The fraction of sp³-hybridized carbons (Fsp3) is 0.967. The first-order valence-corrected chi connectivity index (χ1v) is 16.0. The van der Waals surface area contributed by atoms with Crippen molar-refractivity contribution in [1.82, 2.24) is 0 Å². The van der Waals surface area contributed by atoms with Crippen LogP contribution in [0.25, 0.3) is 0 Å². The second-order valence-corrected chi connectivity index (χ2v) is 11.9. The molecule has 0 aromatic rings. The van der Waals surface area contributed by atoms with Crippen LogP contribution in [0.4, 0.5) is 0 Å². The standard InChI is InChI=1S/C18H36O2.C12H22O11/c1-2-3-4-5-6-7-8-9-10-11-12-13-14-15-16-17-18(19)20;13-1-4-6(16)8(18)10(20)12(21,23-4)11(3-15)9(19)7(17)5(2-14)22-11/h2-17H2,1H3,(H,19,20);4-10,13-21H,1-3H2/t;4-,5-,6-,7-,8+,9+,10-,11-,12-/m.1/s1. The zero-order valence-electron chi connectivity index (χ0n) is 25.7. The molecule has 0 radical (unpaired) electrons. The van der Waals surface area contributed by atoms with Crippen LogP contribution in [0.5, 0.6) is 0 Å². The molecular weight excluding hydrogens is 568 g/mol. The summed E-state index contributed by atoms with van der Waals surface area (Å²) >= 11 is 0. The monoisotopic (exact) mass is 626 g/mol. The number of carboxylic acid groups (broad SMARTS) is 1. The van der Waals surface area contributed by atoms with Crippen LogP contribution in [-0.4, -0.2) is 131 Å². The Kier molecular flexibility index (Phi) is 19.5. The van der Waals surface area contributed by atoms with Crippen molar-refractivity contribution < 1.29 is 65.3 Å². The normalized spacial score (nSPS) is 34.1. The van der Waals surface area contributed by atoms with E-state index in [1.807, 2.05) is 0 Å². The second kappa shape index (κ2) is 20.9. The van der Waals surface area contributed by atoms with Gasteiger partial charge in [0.2, 0.25) is 5.79 Å². The first-order chi connectivity index (χ1) is 20.5. The van der Waals surface area contributed by atoms with E-state index in [2.05, 4.69) is 6.92 Å². The molecule has 0 unspecified atom stereocenters. The van der Waals surface area contributed by atoms with Crippen molar-refractivity contribution >= 4 is 5.97 Å². The average Bonchev–Trinajstić information content (AvgIpc) is 3.26. The molecule has 2 rings (SSSR count). The van der Waals surface area contributed by atoms with E-state index in [1.165, 1.54) is 83.5 Å². The lowest BCUT2D eigenvalue weighted by molar-refractivity contribution is -0.415. The number of aliphatic hydroxyl groups excluding tert-OH is 8. The molecule has 10 N–H and O–H groups in total. The Labute approximate surface area is 255 Å². The molecule has 0 bridgehead atoms. The molecule has 2 aliphatic heterocycles. The van der Waals surface area contributed by atoms with Gasteiger partial charge in [-0.3, -0.25) is 4.79 Å². The van der Waals surface area contributed by atoms with Gasteiger partial charge < -0.3 is 60.5 Å². The lowest BCUT2D eigenvalue weighted by atomic mass is 9.78. The average molecular weight is 627 g/mol. The second-order valence-electron chi connectivity index (χ2n) is 11.9. The van der Waals surface area contributed by atoms with Crippen molar-refractivity contribution in [3.63, 3.8) is 0 Å². The van der Waals surface area contributed by atoms with Crippen molar-refractivity contribution in [2.75, 3.05) is 19.8 Å². The van der Waals surface area contributed by atoms with Crippen molar-refractivity contribution in [2.24, 2.45) is 0 Å². The van der Waals surface area contributed by atoms with Crippen molar-refractivity contribution in [3.05, 3.63) is 0 Å². The summed E-state index contributed by atoms with van der Waals surface area (Å²) in [7, 11) is 0. The topological polar surface area (TPSA) is 238 Å². The fourth-order valence-electron chi connectivity index (χ4n) is 5.73. The number of aliphatic carboxylic acids is 1. The molecule has 13 heteroatoms. The molecule has 2 fully saturated rings. The van der Waals surface area contributed by atoms with Crippen LogP contribution in [0.15, 0.2) is 0 Å². The van der Waals surface area contributed by atoms with E-state index >= 15 is 0 Å². The number of carbonyl (C=O) groups is 1. The van der Waals surface area contributed by atoms with Crippen LogP contribution in [0.3, 0.4) is 0 Å². The van der Waals surface area contributed by atoms with Gasteiger partial charge in [0.15, 0.2) is 5.60 Å². The van der Waals surface area contributed by atoms with Crippen molar-refractivity contribution in [2.45, 2.75) is 164 Å². The van der Waals surface area contributed by atoms with Crippen molar-refractivity contribution in [3.8, 4) is 0 Å². The molecule has 0 aliphatic carbocycles. The van der Waals surface area contributed by atoms with E-state index < -0.39 is 79.9 Å². The van der Waals surface area contributed by atoms with Crippen LogP contribution in [0.1, 0.15) is 110 Å². The van der Waals surface area contributed by atoms with Gasteiger partial charge in [0, 0.05) is 6.42 Å². The van der Waals surface area contributed by atoms with E-state index in [0.29, 0.717) is 6.42 Å². The summed E-state index contributed by atoms with van der Waals surface area (Å²) in [5.74, 6) is -3.64. The first kappa shape index (κ1) is 40.1. The molecule has 0 amide bonds. The molecule has 2 heterocycles. The Bertz CT molecular complexity index is 741. The molecule has 2 saturated heterocycles. The number of aliphatic hydroxyl groups is 9. The Balaban J connectivity index is 0.000000436. The molecule has 2 aliphatic rings. The zero-order chi connectivity index (χ0) is 32.5. The Morgan fingerprint density at radius 3 is 1.40 bits per heavy atom. The third-order valence-electron chi connectivity index (χ3n) is 8.53. The highest BCUT2D eigenvalue weighted by atomic mass is 16.7. The minimum absolute atomic E-state index is 0.345. The van der Waals surface area contributed by atoms with E-state index in [1.54, 1.807) is 0 Å². The minimum Gasteiger partial charge on any atom is -0.481 e. The smallest absolute Gasteiger partial charge is 0.303 e. The molecule has 9 atom stereocenters. The minimum atomic E-state index is -2.99. The third-order valence-corrected chi connectivity index (χ3v) is 8.53. The number of hydrogen-bond donors (Lipinski definition) is 10. The van der Waals surface area contributed by atoms with Gasteiger partial charge in [-0.1, -0.05) is 96.8 Å². The lowest BCUT2D eigenvalue weighted by Gasteiger charge is -2.53. The number of ether oxygens (including phenoxy) is 2. The van der Waals surface area contributed by atoms with Crippen LogP contribution in [0, 0.1) is 0 Å². The highest BCUT2D eigenvalue weighted by molar-refractivity contribution is 5.66. The van der Waals surface area contributed by atoms with Crippen LogP contribution in [0.2, 0.25) is 0 Å². The molecule has 13 nitrogen and oxygen atoms in total. The van der Waals surface area contributed by atoms with Gasteiger partial charge >= 0.3 is 5.97 Å². The maximum atomic E-state index is 10.7. The van der Waals surface area contributed by atoms with E-state index in [0.717, 1.165) is 12.8 Å². The van der Waals surface area contributed by atoms with Gasteiger partial charge in [0.05, 0.1) is 19.8 Å². The van der Waals surface area contributed by atoms with E-state index in [4.69, 9.17) is 24.8 Å². The van der Waals surface area contributed by atoms with Crippen molar-refractivity contribution in [1.29, 1.82) is 0 Å². The fourth-order valence-corrected chi connectivity index (χ4v) is 5.73. The lowest BCUT2D eigenvalue weighted by Crippen LogP contribution is -2.77. The Morgan fingerprint density at radius 2 is 1.02 bits per heavy atom. The van der Waals surface area contributed by atoms with Crippen LogP contribution < -0.4 is 0 Å². The SMILES string of the molecule is CCCCCCCCCCCCCCCCCC(=O)O.OC[C@H]1O[C@@](CO)([C@]2(O)O[C@H](CO)[C@@H](O)[C@H](O)[C@H]2O)[C@@H](O)[C@@H]1O. The summed E-state index contributed by atoms with van der Waals surface area (Å²) in [6, 6.07) is 0. The van der Waals surface area contributed by atoms with Crippen LogP contribution in [-0.2, 0) is 14.3 Å². The molecule has 0 spiro atoms. The molecule has 0 aromatic carbocycles. The van der Waals surface area contributed by atoms with Gasteiger partial charge in [-0.05, 0) is 6.42 Å². The zero-order valence-corrected chi connectivity index (χ0v) is 25.7. The molecule has 0 saturated carbocycles. The Morgan fingerprint density at radius 1 is 0.605 bits per heavy atom. The van der Waals surface area contributed by atoms with Gasteiger partial charge in [-0.25, -0.2) is 0 Å². The predicted molar refractivity (Wildman–Crippen MR) is 156 cm³/mol. The summed E-state index contributed by atoms with van der Waals surface area (Å²) in [6.07, 6.45) is 7.46. The van der Waals surface area contributed by atoms with Gasteiger partial charge in [0.1, 0.15) is 42.7 Å². The highest BCUT2D eigenvalue weighted by Crippen LogP contribution is 2.45. The summed E-state index contributed by atoms with van der Waals surface area (Å²) in [5, 5.41) is 96.8. The molecule has 0 aromatic heterocycles. The van der Waals surface area contributed by atoms with E-state index in [-0.39, 0.29) is 0 Å². The first-order valence-electron chi connectivity index (χ1n) is 16.0. The third kappa shape index (κ3) is 11.4. The maximum absolute atomic E-state index is 10.7. The summed E-state index contributed by atoms with van der Waals surface area (Å²) < 4.78 is 10.2. The highest BCUT2D eigenvalue weighted by Gasteiger charge is 2.71. The predicted octanol–water partition coefficient (Wildman–Crippen LogP) is 0.325. The molecule has 256 valence electrons. The van der Waals surface area contributed by atoms with Gasteiger partial charge in [-0.15, -0.1) is 0 Å². The number of carboxylic acids is 1. The Hall–Kier alpha value is -0.970. The van der Waals surface area contributed by atoms with Crippen LogP contribution >= 0.6 is 0 Å². The summed E-state index contributed by atoms with van der Waals surface area (Å²) in [6.45, 7) is -0.542. The number of unbranched alkanes of at least 4 members (excludes halogenated alkanes) is 14. The maximum Gasteiger partial charge on any atom is 0.303 e. The van der Waals surface area contributed by atoms with Gasteiger partial charge in [0.25, 0.3) is 0 Å². The summed E-state index contributed by atoms with van der Waals surface area (Å²) in [5.41, 5.74) is -2.53. The number of hydrogen-bond acceptors (Lipinski definition) is 12. The largest absolute Gasteiger partial charge is 0.481 e. The van der Waals surface area contributed by atoms with E-state index in [9.17, 15) is 40.5 Å².